The second kappa shape index (κ2) is 7.89. The minimum atomic E-state index is -3.51. The van der Waals surface area contributed by atoms with Gasteiger partial charge in [-0.05, 0) is 43.9 Å². The standard InChI is InChI=1S/C22H33N3O4S/c1-18-5-4-6-19(15-18)30(27,28)25-11-7-21(8-12-25)16-24(13-14-29-3)17-22(21)9-10-23(2)20(22)26/h4-6,15H,7-14,16-17H2,1-3H3/t22-/m1/s1. The van der Waals surface area contributed by atoms with E-state index >= 15 is 0 Å². The quantitative estimate of drug-likeness (QED) is 0.702. The molecule has 166 valence electrons. The van der Waals surface area contributed by atoms with Gasteiger partial charge in [0.25, 0.3) is 0 Å². The predicted molar refractivity (Wildman–Crippen MR) is 115 cm³/mol. The SMILES string of the molecule is COCCN1CC2(CCN(S(=O)(=O)c3cccc(C)c3)CC2)[C@]2(CCN(C)C2=O)C1. The van der Waals surface area contributed by atoms with Crippen molar-refractivity contribution in [2.24, 2.45) is 10.8 Å². The molecule has 0 bridgehead atoms. The van der Waals surface area contributed by atoms with Gasteiger partial charge in [-0.15, -0.1) is 0 Å². The Morgan fingerprint density at radius 3 is 2.43 bits per heavy atom. The molecular formula is C22H33N3O4S. The van der Waals surface area contributed by atoms with Gasteiger partial charge in [-0.3, -0.25) is 9.69 Å². The summed E-state index contributed by atoms with van der Waals surface area (Å²) in [4.78, 5) is 17.9. The first-order chi connectivity index (χ1) is 14.2. The third kappa shape index (κ3) is 3.38. The van der Waals surface area contributed by atoms with Crippen LogP contribution in [0.3, 0.4) is 0 Å². The molecule has 3 fully saturated rings. The van der Waals surface area contributed by atoms with Crippen molar-refractivity contribution in [1.82, 2.24) is 14.1 Å². The topological polar surface area (TPSA) is 70.2 Å². The summed E-state index contributed by atoms with van der Waals surface area (Å²) in [7, 11) is 0.0745. The van der Waals surface area contributed by atoms with E-state index in [1.54, 1.807) is 29.6 Å². The van der Waals surface area contributed by atoms with Crippen LogP contribution in [-0.4, -0.2) is 88.5 Å². The zero-order valence-electron chi connectivity index (χ0n) is 18.3. The number of sulfonamides is 1. The maximum atomic E-state index is 13.3. The third-order valence-electron chi connectivity index (χ3n) is 7.58. The Kier molecular flexibility index (Phi) is 5.72. The summed E-state index contributed by atoms with van der Waals surface area (Å²) in [5.41, 5.74) is 0.378. The first kappa shape index (κ1) is 21.7. The fraction of sp³-hybridized carbons (Fsp3) is 0.682. The van der Waals surface area contributed by atoms with Gasteiger partial charge in [0.05, 0.1) is 16.9 Å². The monoisotopic (exact) mass is 435 g/mol. The normalized spacial score (nSPS) is 27.6. The minimum absolute atomic E-state index is 0.165. The van der Waals surface area contributed by atoms with E-state index in [2.05, 4.69) is 4.90 Å². The lowest BCUT2D eigenvalue weighted by Crippen LogP contribution is -2.53. The van der Waals surface area contributed by atoms with Crippen molar-refractivity contribution in [2.45, 2.75) is 31.1 Å². The molecule has 0 aliphatic carbocycles. The molecule has 3 aliphatic heterocycles. The van der Waals surface area contributed by atoms with Crippen LogP contribution in [0.15, 0.2) is 29.2 Å². The van der Waals surface area contributed by atoms with Gasteiger partial charge in [0.2, 0.25) is 15.9 Å². The van der Waals surface area contributed by atoms with Gasteiger partial charge in [0.1, 0.15) is 0 Å². The highest BCUT2D eigenvalue weighted by Crippen LogP contribution is 2.57. The van der Waals surface area contributed by atoms with Gasteiger partial charge in [-0.1, -0.05) is 12.1 Å². The van der Waals surface area contributed by atoms with E-state index in [9.17, 15) is 13.2 Å². The van der Waals surface area contributed by atoms with Crippen LogP contribution in [-0.2, 0) is 19.6 Å². The Bertz CT molecular complexity index is 911. The lowest BCUT2D eigenvalue weighted by atomic mass is 9.60. The summed E-state index contributed by atoms with van der Waals surface area (Å²) in [6, 6.07) is 7.11. The van der Waals surface area contributed by atoms with Crippen LogP contribution in [0.2, 0.25) is 0 Å². The average molecular weight is 436 g/mol. The van der Waals surface area contributed by atoms with Crippen LogP contribution in [0.25, 0.3) is 0 Å². The highest BCUT2D eigenvalue weighted by Gasteiger charge is 2.64. The van der Waals surface area contributed by atoms with Crippen molar-refractivity contribution in [3.8, 4) is 0 Å². The van der Waals surface area contributed by atoms with Crippen molar-refractivity contribution >= 4 is 15.9 Å². The van der Waals surface area contributed by atoms with E-state index in [-0.39, 0.29) is 11.3 Å². The fourth-order valence-electron chi connectivity index (χ4n) is 5.85. The molecule has 3 saturated heterocycles. The largest absolute Gasteiger partial charge is 0.383 e. The van der Waals surface area contributed by atoms with E-state index in [0.717, 1.165) is 51.0 Å². The molecule has 2 spiro atoms. The molecule has 0 aromatic heterocycles. The number of aryl methyl sites for hydroxylation is 1. The highest BCUT2D eigenvalue weighted by molar-refractivity contribution is 7.89. The second-order valence-electron chi connectivity index (χ2n) is 9.26. The number of carbonyl (C=O) groups excluding carboxylic acids is 1. The smallest absolute Gasteiger partial charge is 0.243 e. The molecule has 4 rings (SSSR count). The van der Waals surface area contributed by atoms with Crippen LogP contribution < -0.4 is 0 Å². The van der Waals surface area contributed by atoms with Crippen LogP contribution in [0, 0.1) is 17.8 Å². The van der Waals surface area contributed by atoms with Crippen molar-refractivity contribution < 1.29 is 17.9 Å². The van der Waals surface area contributed by atoms with E-state index in [0.29, 0.717) is 24.6 Å². The van der Waals surface area contributed by atoms with E-state index in [4.69, 9.17) is 4.74 Å². The third-order valence-corrected chi connectivity index (χ3v) is 9.48. The molecule has 1 amide bonds. The summed E-state index contributed by atoms with van der Waals surface area (Å²) in [5, 5.41) is 0. The Morgan fingerprint density at radius 2 is 1.83 bits per heavy atom. The number of amides is 1. The number of methoxy groups -OCH3 is 1. The van der Waals surface area contributed by atoms with Crippen molar-refractivity contribution in [3.63, 3.8) is 0 Å². The fourth-order valence-corrected chi connectivity index (χ4v) is 7.40. The number of piperidine rings is 1. The zero-order valence-corrected chi connectivity index (χ0v) is 19.1. The lowest BCUT2D eigenvalue weighted by molar-refractivity contribution is -0.140. The number of rotatable bonds is 5. The molecule has 0 radical (unpaired) electrons. The Hall–Kier alpha value is -1.48. The number of benzene rings is 1. The first-order valence-electron chi connectivity index (χ1n) is 10.8. The zero-order chi connectivity index (χ0) is 21.6. The van der Waals surface area contributed by atoms with Crippen molar-refractivity contribution in [1.29, 1.82) is 0 Å². The molecule has 3 heterocycles. The minimum Gasteiger partial charge on any atom is -0.383 e. The van der Waals surface area contributed by atoms with Crippen LogP contribution in [0.4, 0.5) is 0 Å². The molecule has 1 atom stereocenters. The van der Waals surface area contributed by atoms with Gasteiger partial charge in [0.15, 0.2) is 0 Å². The summed E-state index contributed by atoms with van der Waals surface area (Å²) in [6.45, 7) is 6.67. The van der Waals surface area contributed by atoms with Gasteiger partial charge >= 0.3 is 0 Å². The molecule has 0 saturated carbocycles. The first-order valence-corrected chi connectivity index (χ1v) is 12.2. The van der Waals surface area contributed by atoms with Crippen LogP contribution >= 0.6 is 0 Å². The number of carbonyl (C=O) groups is 1. The van der Waals surface area contributed by atoms with E-state index in [1.807, 2.05) is 24.9 Å². The number of hydrogen-bond donors (Lipinski definition) is 0. The second-order valence-corrected chi connectivity index (χ2v) is 11.2. The molecule has 1 aromatic rings. The van der Waals surface area contributed by atoms with Gasteiger partial charge in [0, 0.05) is 58.8 Å². The van der Waals surface area contributed by atoms with Crippen molar-refractivity contribution in [2.75, 3.05) is 60.0 Å². The van der Waals surface area contributed by atoms with Gasteiger partial charge in [-0.25, -0.2) is 8.42 Å². The Balaban J connectivity index is 1.57. The summed E-state index contributed by atoms with van der Waals surface area (Å²) in [6.07, 6.45) is 2.30. The predicted octanol–water partition coefficient (Wildman–Crippen LogP) is 1.58. The molecule has 0 N–H and O–H groups in total. The number of ether oxygens (including phenoxy) is 1. The molecular weight excluding hydrogens is 402 g/mol. The molecule has 30 heavy (non-hydrogen) atoms. The number of likely N-dealkylation sites (tertiary alicyclic amines) is 2. The summed E-state index contributed by atoms with van der Waals surface area (Å²) < 4.78 is 33.3. The van der Waals surface area contributed by atoms with Gasteiger partial charge < -0.3 is 9.64 Å². The number of hydrogen-bond acceptors (Lipinski definition) is 5. The maximum absolute atomic E-state index is 13.3. The van der Waals surface area contributed by atoms with Crippen molar-refractivity contribution in [3.05, 3.63) is 29.8 Å². The lowest BCUT2D eigenvalue weighted by Gasteiger charge is -2.46. The van der Waals surface area contributed by atoms with Crippen LogP contribution in [0.1, 0.15) is 24.8 Å². The Labute approximate surface area is 180 Å². The molecule has 7 nitrogen and oxygen atoms in total. The number of fused-ring (bicyclic) bond motifs is 1. The summed E-state index contributed by atoms with van der Waals surface area (Å²) in [5.74, 6) is 0.234. The molecule has 0 unspecified atom stereocenters. The molecule has 3 aliphatic rings. The maximum Gasteiger partial charge on any atom is 0.243 e. The Morgan fingerprint density at radius 1 is 1.10 bits per heavy atom. The average Bonchev–Trinajstić information content (AvgIpc) is 3.19. The van der Waals surface area contributed by atoms with Gasteiger partial charge in [-0.2, -0.15) is 4.31 Å². The molecule has 1 aromatic carbocycles. The van der Waals surface area contributed by atoms with E-state index in [1.165, 1.54) is 0 Å². The summed E-state index contributed by atoms with van der Waals surface area (Å²) >= 11 is 0. The van der Waals surface area contributed by atoms with E-state index < -0.39 is 15.4 Å². The highest BCUT2D eigenvalue weighted by atomic mass is 32.2. The molecule has 8 heteroatoms. The number of nitrogens with zero attached hydrogens (tertiary/aromatic N) is 3. The van der Waals surface area contributed by atoms with Crippen LogP contribution in [0.5, 0.6) is 0 Å².